The van der Waals surface area contributed by atoms with Crippen LogP contribution >= 0.6 is 0 Å². The van der Waals surface area contributed by atoms with Crippen LogP contribution in [0.5, 0.6) is 0 Å². The lowest BCUT2D eigenvalue weighted by Crippen LogP contribution is -2.49. The molecule has 0 aromatic rings. The van der Waals surface area contributed by atoms with Crippen LogP contribution < -0.4 is 0 Å². The van der Waals surface area contributed by atoms with Gasteiger partial charge in [-0.1, -0.05) is 60.8 Å². The van der Waals surface area contributed by atoms with Crippen LogP contribution in [0.4, 0.5) is 0 Å². The van der Waals surface area contributed by atoms with Gasteiger partial charge in [0.25, 0.3) is 0 Å². The Morgan fingerprint density at radius 1 is 0.479 bits per heavy atom. The maximum atomic E-state index is 11.9. The molecule has 3 saturated heterocycles. The molecule has 6 atom stereocenters. The first kappa shape index (κ1) is 37.6. The molecule has 0 spiro atoms. The Balaban J connectivity index is 0.000000163. The molecular formula is C36H54O12. The second kappa shape index (κ2) is 13.3. The zero-order valence-corrected chi connectivity index (χ0v) is 30.1. The van der Waals surface area contributed by atoms with E-state index in [4.69, 9.17) is 28.4 Å². The fraction of sp³-hybridized carbons (Fsp3) is 0.833. The lowest BCUT2D eigenvalue weighted by atomic mass is 9.57. The summed E-state index contributed by atoms with van der Waals surface area (Å²) in [7, 11) is 4.12. The largest absolute Gasteiger partial charge is 0.468 e. The summed E-state index contributed by atoms with van der Waals surface area (Å²) < 4.78 is 30.0. The summed E-state index contributed by atoms with van der Waals surface area (Å²) in [5.74, 6) is -2.65. The zero-order valence-electron chi connectivity index (χ0n) is 30.1. The van der Waals surface area contributed by atoms with E-state index >= 15 is 0 Å². The number of ether oxygens (including phenoxy) is 6. The molecule has 3 aliphatic carbocycles. The molecular weight excluding hydrogens is 624 g/mol. The summed E-state index contributed by atoms with van der Waals surface area (Å²) in [5.41, 5.74) is -2.73. The smallest absolute Gasteiger partial charge is 0.316 e. The number of methoxy groups -OCH3 is 3. The van der Waals surface area contributed by atoms with Crippen LogP contribution in [-0.4, -0.2) is 77.0 Å². The van der Waals surface area contributed by atoms with Crippen molar-refractivity contribution in [1.82, 2.24) is 0 Å². The van der Waals surface area contributed by atoms with Crippen LogP contribution in [0.1, 0.15) is 99.3 Å². The first-order valence-electron chi connectivity index (χ1n) is 17.1. The second-order valence-corrected chi connectivity index (χ2v) is 16.6. The third kappa shape index (κ3) is 6.10. The Labute approximate surface area is 283 Å². The van der Waals surface area contributed by atoms with Crippen LogP contribution in [0.15, 0.2) is 0 Å². The standard InChI is InChI=1S/3C12H18O4/c3*1-11(2)5-4-6-12(10(14)15-3)7-16-9(13)8(11)12/h3*8H,4-7H2,1-3H3/t3*8-,12+/m100/s1. The molecule has 0 aromatic heterocycles. The van der Waals surface area contributed by atoms with Crippen LogP contribution in [0.3, 0.4) is 0 Å². The average Bonchev–Trinajstić information content (AvgIpc) is 3.70. The minimum Gasteiger partial charge on any atom is -0.468 e. The molecule has 6 rings (SSSR count). The Kier molecular flexibility index (Phi) is 10.4. The van der Waals surface area contributed by atoms with E-state index in [-0.39, 0.29) is 89.6 Å². The lowest BCUT2D eigenvalue weighted by Gasteiger charge is -2.43. The summed E-state index contributed by atoms with van der Waals surface area (Å²) in [4.78, 5) is 71.3. The number of carbonyl (C=O) groups is 6. The Morgan fingerprint density at radius 2 is 0.708 bits per heavy atom. The number of hydrogen-bond donors (Lipinski definition) is 0. The average molecular weight is 679 g/mol. The summed E-state index contributed by atoms with van der Waals surface area (Å²) in [5, 5.41) is 0. The van der Waals surface area contributed by atoms with Crippen molar-refractivity contribution in [1.29, 1.82) is 0 Å². The highest BCUT2D eigenvalue weighted by atomic mass is 16.6. The van der Waals surface area contributed by atoms with E-state index in [2.05, 4.69) is 0 Å². The van der Waals surface area contributed by atoms with Gasteiger partial charge in [0.2, 0.25) is 0 Å². The predicted octanol–water partition coefficient (Wildman–Crippen LogP) is 4.59. The van der Waals surface area contributed by atoms with E-state index in [0.29, 0.717) is 19.3 Å². The number of hydrogen-bond acceptors (Lipinski definition) is 12. The molecule has 0 bridgehead atoms. The highest BCUT2D eigenvalue weighted by Crippen LogP contribution is 2.57. The Bertz CT molecular complexity index is 1160. The van der Waals surface area contributed by atoms with Crippen molar-refractivity contribution >= 4 is 35.8 Å². The highest BCUT2D eigenvalue weighted by molar-refractivity contribution is 5.90. The number of carbonyl (C=O) groups excluding carboxylic acids is 6. The van der Waals surface area contributed by atoms with Crippen molar-refractivity contribution in [3.63, 3.8) is 0 Å². The topological polar surface area (TPSA) is 158 Å². The number of cyclic esters (lactones) is 3. The molecule has 12 nitrogen and oxygen atoms in total. The molecule has 0 radical (unpaired) electrons. The minimum atomic E-state index is -0.729. The summed E-state index contributed by atoms with van der Waals surface area (Å²) >= 11 is 0. The fourth-order valence-electron chi connectivity index (χ4n) is 10.1. The van der Waals surface area contributed by atoms with Gasteiger partial charge in [-0.15, -0.1) is 0 Å². The first-order valence-corrected chi connectivity index (χ1v) is 17.1. The number of rotatable bonds is 3. The molecule has 0 unspecified atom stereocenters. The molecule has 0 amide bonds. The maximum absolute atomic E-state index is 11.9. The van der Waals surface area contributed by atoms with Gasteiger partial charge in [0, 0.05) is 0 Å². The van der Waals surface area contributed by atoms with Gasteiger partial charge in [-0.3, -0.25) is 28.8 Å². The summed E-state index contributed by atoms with van der Waals surface area (Å²) in [6, 6.07) is 0. The second-order valence-electron chi connectivity index (χ2n) is 16.6. The molecule has 0 aromatic carbocycles. The fourth-order valence-corrected chi connectivity index (χ4v) is 10.1. The van der Waals surface area contributed by atoms with Gasteiger partial charge in [0.05, 0.1) is 39.1 Å². The number of esters is 6. The van der Waals surface area contributed by atoms with Crippen molar-refractivity contribution in [3.8, 4) is 0 Å². The van der Waals surface area contributed by atoms with Gasteiger partial charge in [-0.25, -0.2) is 0 Å². The van der Waals surface area contributed by atoms with E-state index in [9.17, 15) is 28.8 Å². The monoisotopic (exact) mass is 678 g/mol. The van der Waals surface area contributed by atoms with Crippen LogP contribution in [-0.2, 0) is 57.2 Å². The van der Waals surface area contributed by atoms with Gasteiger partial charge in [0.15, 0.2) is 0 Å². The van der Waals surface area contributed by atoms with E-state index < -0.39 is 16.2 Å². The summed E-state index contributed by atoms with van der Waals surface area (Å²) in [6.45, 7) is 12.7. The molecule has 3 aliphatic heterocycles. The first-order chi connectivity index (χ1) is 22.3. The van der Waals surface area contributed by atoms with Gasteiger partial charge in [0.1, 0.15) is 36.1 Å². The Hall–Kier alpha value is -3.18. The highest BCUT2D eigenvalue weighted by Gasteiger charge is 2.65. The van der Waals surface area contributed by atoms with Crippen molar-refractivity contribution in [2.45, 2.75) is 99.3 Å². The molecule has 6 aliphatic rings. The van der Waals surface area contributed by atoms with Gasteiger partial charge in [-0.2, -0.15) is 0 Å². The minimum absolute atomic E-state index is 0.181. The van der Waals surface area contributed by atoms with Gasteiger partial charge >= 0.3 is 35.8 Å². The predicted molar refractivity (Wildman–Crippen MR) is 170 cm³/mol. The zero-order chi connectivity index (χ0) is 35.9. The molecule has 3 heterocycles. The quantitative estimate of drug-likeness (QED) is 0.303. The van der Waals surface area contributed by atoms with Crippen molar-refractivity contribution in [3.05, 3.63) is 0 Å². The van der Waals surface area contributed by atoms with Crippen LogP contribution in [0, 0.1) is 50.2 Å². The molecule has 270 valence electrons. The summed E-state index contributed by atoms with van der Waals surface area (Å²) in [6.07, 6.45) is 7.75. The molecule has 48 heavy (non-hydrogen) atoms. The third-order valence-corrected chi connectivity index (χ3v) is 12.2. The normalized spacial score (nSPS) is 36.4. The lowest BCUT2D eigenvalue weighted by molar-refractivity contribution is -0.163. The van der Waals surface area contributed by atoms with Crippen LogP contribution in [0.2, 0.25) is 0 Å². The van der Waals surface area contributed by atoms with Gasteiger partial charge in [-0.05, 0) is 54.8 Å². The molecule has 3 saturated carbocycles. The van der Waals surface area contributed by atoms with Crippen molar-refractivity contribution in [2.24, 2.45) is 50.2 Å². The van der Waals surface area contributed by atoms with E-state index in [1.54, 1.807) is 0 Å². The van der Waals surface area contributed by atoms with Gasteiger partial charge < -0.3 is 28.4 Å². The van der Waals surface area contributed by atoms with E-state index in [0.717, 1.165) is 38.5 Å². The number of fused-ring (bicyclic) bond motifs is 3. The van der Waals surface area contributed by atoms with Crippen molar-refractivity contribution in [2.75, 3.05) is 41.2 Å². The third-order valence-electron chi connectivity index (χ3n) is 12.2. The Morgan fingerprint density at radius 3 is 0.917 bits per heavy atom. The molecule has 6 fully saturated rings. The molecule has 0 N–H and O–H groups in total. The van der Waals surface area contributed by atoms with E-state index in [1.807, 2.05) is 41.5 Å². The van der Waals surface area contributed by atoms with Crippen LogP contribution in [0.25, 0.3) is 0 Å². The van der Waals surface area contributed by atoms with Crippen molar-refractivity contribution < 1.29 is 57.2 Å². The SMILES string of the molecule is COC(=O)[C@@]12CCCC(C)(C)[C@@H]1C(=O)OC2.COC(=O)[C@@]12CCCC(C)(C)[C@@H]1C(=O)OC2.COC(=O)[C@]12CCCC(C)(C)[C@H]1C(=O)OC2. The van der Waals surface area contributed by atoms with E-state index in [1.165, 1.54) is 21.3 Å². The molecule has 12 heteroatoms. The maximum Gasteiger partial charge on any atom is 0.316 e.